The molecule has 1 unspecified atom stereocenters. The Hall–Kier alpha value is -2.30. The summed E-state index contributed by atoms with van der Waals surface area (Å²) in [5.74, 6) is -1.44. The Morgan fingerprint density at radius 1 is 1.32 bits per heavy atom. The summed E-state index contributed by atoms with van der Waals surface area (Å²) >= 11 is 0. The van der Waals surface area contributed by atoms with E-state index in [1.807, 2.05) is 43.5 Å². The van der Waals surface area contributed by atoms with Gasteiger partial charge in [0.1, 0.15) is 0 Å². The quantitative estimate of drug-likeness (QED) is 0.613. The summed E-state index contributed by atoms with van der Waals surface area (Å²) < 4.78 is 0. The maximum absolute atomic E-state index is 11.6. The number of aliphatic carboxylic acids is 1. The molecular formula is C17H24N2O3. The lowest BCUT2D eigenvalue weighted by Gasteiger charge is -2.06. The van der Waals surface area contributed by atoms with Crippen molar-refractivity contribution in [3.63, 3.8) is 0 Å². The zero-order valence-electron chi connectivity index (χ0n) is 13.1. The minimum Gasteiger partial charge on any atom is -0.481 e. The molecule has 22 heavy (non-hydrogen) atoms. The minimum atomic E-state index is -0.862. The smallest absolute Gasteiger partial charge is 0.306 e. The molecule has 0 aliphatic rings. The molecule has 0 aliphatic heterocycles. The molecule has 1 aromatic carbocycles. The Morgan fingerprint density at radius 3 is 2.73 bits per heavy atom. The average Bonchev–Trinajstić information content (AvgIpc) is 2.52. The minimum absolute atomic E-state index is 0.0999. The van der Waals surface area contributed by atoms with Crippen molar-refractivity contribution in [2.24, 2.45) is 5.92 Å². The maximum atomic E-state index is 11.6. The maximum Gasteiger partial charge on any atom is 0.306 e. The van der Waals surface area contributed by atoms with E-state index >= 15 is 0 Å². The van der Waals surface area contributed by atoms with Gasteiger partial charge in [-0.15, -0.1) is 0 Å². The fraction of sp³-hybridized carbons (Fsp3) is 0.412. The van der Waals surface area contributed by atoms with E-state index in [1.165, 1.54) is 0 Å². The van der Waals surface area contributed by atoms with Crippen LogP contribution in [0.5, 0.6) is 0 Å². The Kier molecular flexibility index (Phi) is 7.75. The highest BCUT2D eigenvalue weighted by Gasteiger charge is 2.12. The summed E-state index contributed by atoms with van der Waals surface area (Å²) in [5, 5.41) is 14.7. The number of hydrogen-bond donors (Lipinski definition) is 3. The monoisotopic (exact) mass is 304 g/mol. The second kappa shape index (κ2) is 9.60. The number of carboxylic acids is 1. The number of carbonyl (C=O) groups excluding carboxylic acids is 1. The highest BCUT2D eigenvalue weighted by Crippen LogP contribution is 2.15. The Bertz CT molecular complexity index is 526. The zero-order chi connectivity index (χ0) is 16.4. The van der Waals surface area contributed by atoms with Crippen LogP contribution in [0.3, 0.4) is 0 Å². The summed E-state index contributed by atoms with van der Waals surface area (Å²) in [7, 11) is 1.88. The highest BCUT2D eigenvalue weighted by atomic mass is 16.4. The second-order valence-corrected chi connectivity index (χ2v) is 5.16. The normalized spacial score (nSPS) is 12.1. The summed E-state index contributed by atoms with van der Waals surface area (Å²) in [4.78, 5) is 22.2. The number of carbonyl (C=O) groups is 2. The number of rotatable bonds is 9. The van der Waals surface area contributed by atoms with Gasteiger partial charge >= 0.3 is 5.97 Å². The van der Waals surface area contributed by atoms with E-state index < -0.39 is 11.9 Å². The molecular weight excluding hydrogens is 280 g/mol. The van der Waals surface area contributed by atoms with E-state index in [0.29, 0.717) is 13.0 Å². The standard InChI is InChI=1S/C17H24N2O3/c1-13(17(21)22)10-11-16(20)19-12-6-5-8-14-7-3-4-9-15(14)18-2/h3-5,7-9,13,18H,6,10-12H2,1-2H3,(H,19,20)(H,21,22)/b8-5+. The van der Waals surface area contributed by atoms with Gasteiger partial charge in [-0.25, -0.2) is 0 Å². The van der Waals surface area contributed by atoms with Crippen LogP contribution in [0.2, 0.25) is 0 Å². The van der Waals surface area contributed by atoms with Crippen molar-refractivity contribution in [2.75, 3.05) is 18.9 Å². The van der Waals surface area contributed by atoms with E-state index in [9.17, 15) is 9.59 Å². The Labute approximate surface area is 131 Å². The fourth-order valence-electron chi connectivity index (χ4n) is 1.93. The molecule has 1 atom stereocenters. The van der Waals surface area contributed by atoms with Crippen molar-refractivity contribution >= 4 is 23.6 Å². The van der Waals surface area contributed by atoms with E-state index in [2.05, 4.69) is 10.6 Å². The van der Waals surface area contributed by atoms with Crippen molar-refractivity contribution in [1.29, 1.82) is 0 Å². The van der Waals surface area contributed by atoms with E-state index in [-0.39, 0.29) is 12.3 Å². The fourth-order valence-corrected chi connectivity index (χ4v) is 1.93. The van der Waals surface area contributed by atoms with Crippen molar-refractivity contribution in [3.8, 4) is 0 Å². The summed E-state index contributed by atoms with van der Waals surface area (Å²) in [6.07, 6.45) is 5.38. The van der Waals surface area contributed by atoms with E-state index in [4.69, 9.17) is 5.11 Å². The van der Waals surface area contributed by atoms with Gasteiger partial charge in [0.15, 0.2) is 0 Å². The molecule has 0 fully saturated rings. The summed E-state index contributed by atoms with van der Waals surface area (Å²) in [6.45, 7) is 2.16. The number of anilines is 1. The first-order valence-corrected chi connectivity index (χ1v) is 7.47. The van der Waals surface area contributed by atoms with Crippen molar-refractivity contribution in [2.45, 2.75) is 26.2 Å². The van der Waals surface area contributed by atoms with Gasteiger partial charge < -0.3 is 15.7 Å². The molecule has 120 valence electrons. The second-order valence-electron chi connectivity index (χ2n) is 5.16. The summed E-state index contributed by atoms with van der Waals surface area (Å²) in [6, 6.07) is 7.98. The van der Waals surface area contributed by atoms with E-state index in [0.717, 1.165) is 17.7 Å². The number of benzene rings is 1. The first kappa shape index (κ1) is 17.8. The predicted octanol–water partition coefficient (Wildman–Crippen LogP) is 2.75. The number of para-hydroxylation sites is 1. The number of nitrogens with one attached hydrogen (secondary N) is 2. The lowest BCUT2D eigenvalue weighted by molar-refractivity contribution is -0.141. The lowest BCUT2D eigenvalue weighted by Crippen LogP contribution is -2.25. The molecule has 0 spiro atoms. The van der Waals surface area contributed by atoms with Gasteiger partial charge in [-0.1, -0.05) is 37.3 Å². The molecule has 0 aliphatic carbocycles. The number of amides is 1. The third kappa shape index (κ3) is 6.43. The lowest BCUT2D eigenvalue weighted by atomic mass is 10.1. The van der Waals surface area contributed by atoms with Gasteiger partial charge in [0.2, 0.25) is 5.91 Å². The first-order chi connectivity index (χ1) is 10.5. The third-order valence-electron chi connectivity index (χ3n) is 3.39. The van der Waals surface area contributed by atoms with Crippen LogP contribution in [0.4, 0.5) is 5.69 Å². The molecule has 0 aromatic heterocycles. The molecule has 1 aromatic rings. The van der Waals surface area contributed by atoms with Crippen LogP contribution >= 0.6 is 0 Å². The number of carboxylic acid groups (broad SMARTS) is 1. The Balaban J connectivity index is 2.26. The van der Waals surface area contributed by atoms with Gasteiger partial charge in [-0.05, 0) is 24.5 Å². The van der Waals surface area contributed by atoms with Crippen molar-refractivity contribution < 1.29 is 14.7 Å². The van der Waals surface area contributed by atoms with Gasteiger partial charge in [-0.2, -0.15) is 0 Å². The molecule has 3 N–H and O–H groups in total. The Morgan fingerprint density at radius 2 is 2.05 bits per heavy atom. The van der Waals surface area contributed by atoms with Crippen LogP contribution in [0.1, 0.15) is 31.7 Å². The average molecular weight is 304 g/mol. The molecule has 5 heteroatoms. The van der Waals surface area contributed by atoms with Gasteiger partial charge in [-0.3, -0.25) is 9.59 Å². The summed E-state index contributed by atoms with van der Waals surface area (Å²) in [5.41, 5.74) is 2.16. The molecule has 5 nitrogen and oxygen atoms in total. The van der Waals surface area contributed by atoms with Crippen LogP contribution in [-0.2, 0) is 9.59 Å². The van der Waals surface area contributed by atoms with Gasteiger partial charge in [0.05, 0.1) is 5.92 Å². The van der Waals surface area contributed by atoms with E-state index in [1.54, 1.807) is 6.92 Å². The third-order valence-corrected chi connectivity index (χ3v) is 3.39. The van der Waals surface area contributed by atoms with Crippen molar-refractivity contribution in [3.05, 3.63) is 35.9 Å². The van der Waals surface area contributed by atoms with Crippen LogP contribution in [0.15, 0.2) is 30.3 Å². The topological polar surface area (TPSA) is 78.4 Å². The molecule has 0 saturated carbocycles. The van der Waals surface area contributed by atoms with Gasteiger partial charge in [0, 0.05) is 25.7 Å². The van der Waals surface area contributed by atoms with Crippen LogP contribution in [0, 0.1) is 5.92 Å². The molecule has 1 amide bonds. The van der Waals surface area contributed by atoms with Crippen LogP contribution < -0.4 is 10.6 Å². The largest absolute Gasteiger partial charge is 0.481 e. The molecule has 0 heterocycles. The zero-order valence-corrected chi connectivity index (χ0v) is 13.1. The molecule has 0 saturated heterocycles. The van der Waals surface area contributed by atoms with Crippen LogP contribution in [0.25, 0.3) is 6.08 Å². The predicted molar refractivity (Wildman–Crippen MR) is 88.7 cm³/mol. The molecule has 0 radical (unpaired) electrons. The highest BCUT2D eigenvalue weighted by molar-refractivity contribution is 5.77. The molecule has 0 bridgehead atoms. The first-order valence-electron chi connectivity index (χ1n) is 7.47. The SMILES string of the molecule is CNc1ccccc1/C=C/CCNC(=O)CCC(C)C(=O)O. The van der Waals surface area contributed by atoms with Crippen LogP contribution in [-0.4, -0.2) is 30.6 Å². The van der Waals surface area contributed by atoms with Gasteiger partial charge in [0.25, 0.3) is 0 Å². The molecule has 1 rings (SSSR count). The van der Waals surface area contributed by atoms with Crippen molar-refractivity contribution in [1.82, 2.24) is 5.32 Å². The number of hydrogen-bond acceptors (Lipinski definition) is 3.